The maximum atomic E-state index is 11.7. The summed E-state index contributed by atoms with van der Waals surface area (Å²) in [5.74, 6) is -0.174. The van der Waals surface area contributed by atoms with Crippen molar-refractivity contribution in [3.63, 3.8) is 0 Å². The zero-order valence-electron chi connectivity index (χ0n) is 11.0. The normalized spacial score (nSPS) is 23.2. The van der Waals surface area contributed by atoms with Crippen molar-refractivity contribution in [3.05, 3.63) is 35.4 Å². The Morgan fingerprint density at radius 3 is 2.84 bits per heavy atom. The zero-order chi connectivity index (χ0) is 13.1. The number of fused-ring (bicyclic) bond motifs is 1. The van der Waals surface area contributed by atoms with Crippen LogP contribution >= 0.6 is 0 Å². The van der Waals surface area contributed by atoms with Crippen molar-refractivity contribution in [3.8, 4) is 0 Å². The van der Waals surface area contributed by atoms with E-state index >= 15 is 0 Å². The molecule has 0 aliphatic carbocycles. The number of ether oxygens (including phenoxy) is 2. The van der Waals surface area contributed by atoms with Crippen molar-refractivity contribution in [2.24, 2.45) is 0 Å². The maximum absolute atomic E-state index is 11.7. The van der Waals surface area contributed by atoms with Gasteiger partial charge in [-0.1, -0.05) is 18.2 Å². The van der Waals surface area contributed by atoms with Gasteiger partial charge in [0.15, 0.2) is 0 Å². The molecule has 19 heavy (non-hydrogen) atoms. The molecule has 0 spiro atoms. The van der Waals surface area contributed by atoms with E-state index in [-0.39, 0.29) is 12.1 Å². The Hall–Kier alpha value is -1.39. The second-order valence-electron chi connectivity index (χ2n) is 5.08. The molecule has 4 heteroatoms. The molecule has 0 unspecified atom stereocenters. The van der Waals surface area contributed by atoms with E-state index in [1.165, 1.54) is 0 Å². The van der Waals surface area contributed by atoms with Gasteiger partial charge in [-0.25, -0.2) is 4.79 Å². The lowest BCUT2D eigenvalue weighted by atomic mass is 10.0. The Kier molecular flexibility index (Phi) is 3.80. The van der Waals surface area contributed by atoms with Gasteiger partial charge in [-0.05, 0) is 25.5 Å². The number of hydrogen-bond acceptors (Lipinski definition) is 4. The summed E-state index contributed by atoms with van der Waals surface area (Å²) in [6.45, 7) is 4.75. The molecule has 3 rings (SSSR count). The van der Waals surface area contributed by atoms with Crippen molar-refractivity contribution < 1.29 is 14.3 Å². The summed E-state index contributed by atoms with van der Waals surface area (Å²) in [6.07, 6.45) is 1.90. The molecule has 0 saturated carbocycles. The van der Waals surface area contributed by atoms with Crippen molar-refractivity contribution in [1.82, 2.24) is 4.90 Å². The highest BCUT2D eigenvalue weighted by Crippen LogP contribution is 2.33. The molecule has 0 bridgehead atoms. The minimum Gasteiger partial charge on any atom is -0.454 e. The van der Waals surface area contributed by atoms with Gasteiger partial charge in [0.25, 0.3) is 0 Å². The van der Waals surface area contributed by atoms with Crippen LogP contribution in [0, 0.1) is 0 Å². The fourth-order valence-corrected chi connectivity index (χ4v) is 2.76. The van der Waals surface area contributed by atoms with E-state index in [0.29, 0.717) is 0 Å². The molecular weight excluding hydrogens is 242 g/mol. The predicted molar refractivity (Wildman–Crippen MR) is 71.1 cm³/mol. The third-order valence-electron chi connectivity index (χ3n) is 3.82. The van der Waals surface area contributed by atoms with Crippen molar-refractivity contribution in [2.45, 2.75) is 18.9 Å². The van der Waals surface area contributed by atoms with Crippen LogP contribution in [0.2, 0.25) is 0 Å². The van der Waals surface area contributed by atoms with Crippen LogP contribution in [0.15, 0.2) is 24.3 Å². The second-order valence-corrected chi connectivity index (χ2v) is 5.08. The van der Waals surface area contributed by atoms with Gasteiger partial charge < -0.3 is 9.47 Å². The maximum Gasteiger partial charge on any atom is 0.339 e. The average molecular weight is 261 g/mol. The highest BCUT2D eigenvalue weighted by Gasteiger charge is 2.29. The fraction of sp³-hybridized carbons (Fsp3) is 0.533. The van der Waals surface area contributed by atoms with Crippen LogP contribution in [-0.4, -0.2) is 43.7 Å². The number of carbonyl (C=O) groups is 1. The Balaban J connectivity index is 1.52. The molecule has 1 atom stereocenters. The van der Waals surface area contributed by atoms with E-state index in [9.17, 15) is 4.79 Å². The lowest BCUT2D eigenvalue weighted by Gasteiger charge is -2.26. The van der Waals surface area contributed by atoms with Gasteiger partial charge in [0.05, 0.1) is 18.8 Å². The molecule has 2 aliphatic rings. The summed E-state index contributed by atoms with van der Waals surface area (Å²) >= 11 is 0. The summed E-state index contributed by atoms with van der Waals surface area (Å²) in [6, 6.07) is 7.70. The van der Waals surface area contributed by atoms with E-state index in [4.69, 9.17) is 9.47 Å². The SMILES string of the molecule is O=C1O[C@H](CCCN2CCOCC2)c2ccccc21. The minimum atomic E-state index is -0.174. The minimum absolute atomic E-state index is 0.0512. The topological polar surface area (TPSA) is 38.8 Å². The average Bonchev–Trinajstić information content (AvgIpc) is 2.78. The van der Waals surface area contributed by atoms with Gasteiger partial charge >= 0.3 is 5.97 Å². The summed E-state index contributed by atoms with van der Waals surface area (Å²) in [4.78, 5) is 14.1. The van der Waals surface area contributed by atoms with Crippen molar-refractivity contribution in [2.75, 3.05) is 32.8 Å². The molecule has 0 N–H and O–H groups in total. The number of rotatable bonds is 4. The van der Waals surface area contributed by atoms with Gasteiger partial charge in [0, 0.05) is 18.7 Å². The number of esters is 1. The largest absolute Gasteiger partial charge is 0.454 e. The monoisotopic (exact) mass is 261 g/mol. The summed E-state index contributed by atoms with van der Waals surface area (Å²) in [5.41, 5.74) is 1.79. The highest BCUT2D eigenvalue weighted by atomic mass is 16.5. The quantitative estimate of drug-likeness (QED) is 0.777. The summed E-state index contributed by atoms with van der Waals surface area (Å²) < 4.78 is 10.8. The van der Waals surface area contributed by atoms with E-state index in [0.717, 1.165) is 56.8 Å². The standard InChI is InChI=1S/C15H19NO3/c17-15-13-5-2-1-4-12(13)14(19-15)6-3-7-16-8-10-18-11-9-16/h1-2,4-5,14H,3,6-11H2/t14-/m1/s1. The Labute approximate surface area is 113 Å². The molecule has 0 aromatic heterocycles. The first-order valence-corrected chi connectivity index (χ1v) is 6.94. The van der Waals surface area contributed by atoms with Gasteiger partial charge in [-0.15, -0.1) is 0 Å². The van der Waals surface area contributed by atoms with E-state index < -0.39 is 0 Å². The number of morpholine rings is 1. The third kappa shape index (κ3) is 2.80. The number of benzene rings is 1. The number of cyclic esters (lactones) is 1. The van der Waals surface area contributed by atoms with Crippen LogP contribution in [0.5, 0.6) is 0 Å². The smallest absolute Gasteiger partial charge is 0.339 e. The van der Waals surface area contributed by atoms with Gasteiger partial charge in [-0.2, -0.15) is 0 Å². The number of nitrogens with zero attached hydrogens (tertiary/aromatic N) is 1. The van der Waals surface area contributed by atoms with E-state index in [1.807, 2.05) is 24.3 Å². The molecule has 2 heterocycles. The first-order valence-electron chi connectivity index (χ1n) is 6.94. The van der Waals surface area contributed by atoms with Gasteiger partial charge in [0.2, 0.25) is 0 Å². The molecular formula is C15H19NO3. The number of carbonyl (C=O) groups excluding carboxylic acids is 1. The highest BCUT2D eigenvalue weighted by molar-refractivity contribution is 5.93. The lowest BCUT2D eigenvalue weighted by molar-refractivity contribution is 0.0281. The number of hydrogen-bond donors (Lipinski definition) is 0. The van der Waals surface area contributed by atoms with Crippen molar-refractivity contribution >= 4 is 5.97 Å². The molecule has 102 valence electrons. The molecule has 0 amide bonds. The molecule has 4 nitrogen and oxygen atoms in total. The van der Waals surface area contributed by atoms with Gasteiger partial charge in [0.1, 0.15) is 6.10 Å². The molecule has 2 aliphatic heterocycles. The van der Waals surface area contributed by atoms with Gasteiger partial charge in [-0.3, -0.25) is 4.90 Å². The molecule has 1 saturated heterocycles. The molecule has 0 radical (unpaired) electrons. The van der Waals surface area contributed by atoms with E-state index in [1.54, 1.807) is 0 Å². The van der Waals surface area contributed by atoms with Crippen LogP contribution in [0.4, 0.5) is 0 Å². The summed E-state index contributed by atoms with van der Waals surface area (Å²) in [7, 11) is 0. The van der Waals surface area contributed by atoms with Crippen LogP contribution in [0.3, 0.4) is 0 Å². The second kappa shape index (κ2) is 5.72. The third-order valence-corrected chi connectivity index (χ3v) is 3.82. The zero-order valence-corrected chi connectivity index (χ0v) is 11.0. The van der Waals surface area contributed by atoms with Crippen LogP contribution in [-0.2, 0) is 9.47 Å². The Morgan fingerprint density at radius 2 is 2.00 bits per heavy atom. The first kappa shape index (κ1) is 12.6. The van der Waals surface area contributed by atoms with Crippen LogP contribution in [0.1, 0.15) is 34.9 Å². The first-order chi connectivity index (χ1) is 9.34. The van der Waals surface area contributed by atoms with Crippen LogP contribution < -0.4 is 0 Å². The predicted octanol–water partition coefficient (Wildman–Crippen LogP) is 2.01. The molecule has 1 aromatic carbocycles. The Morgan fingerprint density at radius 1 is 1.21 bits per heavy atom. The summed E-state index contributed by atoms with van der Waals surface area (Å²) in [5, 5.41) is 0. The lowest BCUT2D eigenvalue weighted by Crippen LogP contribution is -2.36. The van der Waals surface area contributed by atoms with Crippen LogP contribution in [0.25, 0.3) is 0 Å². The molecule has 1 fully saturated rings. The molecule has 1 aromatic rings. The van der Waals surface area contributed by atoms with E-state index in [2.05, 4.69) is 4.90 Å². The fourth-order valence-electron chi connectivity index (χ4n) is 2.76. The van der Waals surface area contributed by atoms with Crippen molar-refractivity contribution in [1.29, 1.82) is 0 Å². The Bertz CT molecular complexity index is 454.